The largest absolute Gasteiger partial charge is 0.370 e. The van der Waals surface area contributed by atoms with Crippen molar-refractivity contribution >= 4 is 29.2 Å². The third kappa shape index (κ3) is 4.39. The van der Waals surface area contributed by atoms with Crippen LogP contribution in [-0.4, -0.2) is 16.5 Å². The summed E-state index contributed by atoms with van der Waals surface area (Å²) < 4.78 is 0. The third-order valence-corrected chi connectivity index (χ3v) is 4.16. The van der Waals surface area contributed by atoms with Gasteiger partial charge in [0, 0.05) is 23.2 Å². The van der Waals surface area contributed by atoms with Crippen molar-refractivity contribution in [2.75, 3.05) is 11.9 Å². The van der Waals surface area contributed by atoms with Gasteiger partial charge >= 0.3 is 0 Å². The molecule has 1 aromatic carbocycles. The number of rotatable bonds is 6. The van der Waals surface area contributed by atoms with Crippen LogP contribution in [0.5, 0.6) is 0 Å². The van der Waals surface area contributed by atoms with Crippen molar-refractivity contribution in [3.05, 3.63) is 46.9 Å². The molecule has 0 atom stereocenters. The van der Waals surface area contributed by atoms with Gasteiger partial charge in [0.05, 0.1) is 10.8 Å². The molecule has 0 aliphatic rings. The molecule has 1 aromatic heterocycles. The van der Waals surface area contributed by atoms with Crippen LogP contribution in [0, 0.1) is 6.92 Å². The highest BCUT2D eigenvalue weighted by Gasteiger charge is 2.05. The van der Waals surface area contributed by atoms with Gasteiger partial charge < -0.3 is 5.32 Å². The second-order valence-corrected chi connectivity index (χ2v) is 5.88. The van der Waals surface area contributed by atoms with E-state index in [4.69, 9.17) is 11.6 Å². The lowest BCUT2D eigenvalue weighted by Crippen LogP contribution is -2.05. The smallest absolute Gasteiger partial charge is 0.141 e. The molecule has 0 amide bonds. The lowest BCUT2D eigenvalue weighted by molar-refractivity contribution is 0.940. The zero-order valence-electron chi connectivity index (χ0n) is 11.7. The number of halogens is 1. The molecule has 0 radical (unpaired) electrons. The van der Waals surface area contributed by atoms with Crippen molar-refractivity contribution in [2.45, 2.75) is 30.9 Å². The molecule has 3 nitrogen and oxygen atoms in total. The van der Waals surface area contributed by atoms with Crippen LogP contribution in [0.2, 0.25) is 5.02 Å². The summed E-state index contributed by atoms with van der Waals surface area (Å²) >= 11 is 7.80. The van der Waals surface area contributed by atoms with Gasteiger partial charge in [-0.2, -0.15) is 0 Å². The number of benzene rings is 1. The first kappa shape index (κ1) is 15.1. The monoisotopic (exact) mass is 307 g/mol. The molecule has 0 aliphatic heterocycles. The van der Waals surface area contributed by atoms with Crippen LogP contribution in [0.25, 0.3) is 0 Å². The van der Waals surface area contributed by atoms with E-state index in [2.05, 4.69) is 22.2 Å². The van der Waals surface area contributed by atoms with Gasteiger partial charge in [0.1, 0.15) is 11.6 Å². The summed E-state index contributed by atoms with van der Waals surface area (Å²) in [6.07, 6.45) is 1.08. The summed E-state index contributed by atoms with van der Waals surface area (Å²) in [6, 6.07) is 9.80. The molecule has 20 heavy (non-hydrogen) atoms. The molecule has 0 saturated heterocycles. The van der Waals surface area contributed by atoms with Gasteiger partial charge in [0.2, 0.25) is 0 Å². The number of aromatic nitrogens is 2. The lowest BCUT2D eigenvalue weighted by Gasteiger charge is -2.08. The van der Waals surface area contributed by atoms with E-state index in [-0.39, 0.29) is 0 Å². The van der Waals surface area contributed by atoms with Crippen LogP contribution in [0.1, 0.15) is 24.9 Å². The number of nitrogens with one attached hydrogen (secondary N) is 1. The molecule has 0 unspecified atom stereocenters. The maximum atomic E-state index is 6.15. The van der Waals surface area contributed by atoms with Crippen molar-refractivity contribution in [3.63, 3.8) is 0 Å². The molecule has 0 spiro atoms. The van der Waals surface area contributed by atoms with Gasteiger partial charge in [-0.15, -0.1) is 11.8 Å². The Kier molecular flexibility index (Phi) is 5.68. The SMILES string of the molecule is CCCNc1cc(C)nc(CSc2ccccc2Cl)n1. The van der Waals surface area contributed by atoms with Crippen LogP contribution in [-0.2, 0) is 5.75 Å². The number of hydrogen-bond donors (Lipinski definition) is 1. The van der Waals surface area contributed by atoms with Gasteiger partial charge in [-0.1, -0.05) is 30.7 Å². The summed E-state index contributed by atoms with van der Waals surface area (Å²) in [5.74, 6) is 2.44. The molecule has 106 valence electrons. The van der Waals surface area contributed by atoms with E-state index in [1.807, 2.05) is 37.3 Å². The Morgan fingerprint density at radius 1 is 1.25 bits per heavy atom. The van der Waals surface area contributed by atoms with Gasteiger partial charge in [0.15, 0.2) is 0 Å². The Bertz CT molecular complexity index is 575. The predicted molar refractivity (Wildman–Crippen MR) is 86.6 cm³/mol. The van der Waals surface area contributed by atoms with Crippen LogP contribution < -0.4 is 5.32 Å². The topological polar surface area (TPSA) is 37.8 Å². The number of thioether (sulfide) groups is 1. The molecule has 5 heteroatoms. The fourth-order valence-electron chi connectivity index (χ4n) is 1.74. The summed E-state index contributed by atoms with van der Waals surface area (Å²) in [6.45, 7) is 5.05. The Balaban J connectivity index is 2.05. The first-order valence-electron chi connectivity index (χ1n) is 6.65. The Morgan fingerprint density at radius 2 is 2.05 bits per heavy atom. The summed E-state index contributed by atoms with van der Waals surface area (Å²) in [7, 11) is 0. The Labute approximate surface area is 129 Å². The highest BCUT2D eigenvalue weighted by molar-refractivity contribution is 7.98. The Morgan fingerprint density at radius 3 is 2.80 bits per heavy atom. The second kappa shape index (κ2) is 7.50. The maximum absolute atomic E-state index is 6.15. The van der Waals surface area contributed by atoms with E-state index in [1.165, 1.54) is 0 Å². The van der Waals surface area contributed by atoms with Crippen LogP contribution >= 0.6 is 23.4 Å². The average Bonchev–Trinajstić information content (AvgIpc) is 2.44. The van der Waals surface area contributed by atoms with Crippen molar-refractivity contribution in [1.29, 1.82) is 0 Å². The molecule has 0 saturated carbocycles. The molecular formula is C15H18ClN3S. The minimum atomic E-state index is 0.715. The summed E-state index contributed by atoms with van der Waals surface area (Å²) in [5.41, 5.74) is 0.980. The molecule has 2 rings (SSSR count). The molecule has 0 fully saturated rings. The standard InChI is InChI=1S/C15H18ClN3S/c1-3-8-17-14-9-11(2)18-15(19-14)10-20-13-7-5-4-6-12(13)16/h4-7,9H,3,8,10H2,1-2H3,(H,17,18,19). The molecule has 0 bridgehead atoms. The zero-order valence-corrected chi connectivity index (χ0v) is 13.3. The summed E-state index contributed by atoms with van der Waals surface area (Å²) in [4.78, 5) is 10.1. The van der Waals surface area contributed by atoms with Gasteiger partial charge in [-0.25, -0.2) is 9.97 Å². The third-order valence-electron chi connectivity index (χ3n) is 2.65. The van der Waals surface area contributed by atoms with E-state index >= 15 is 0 Å². The molecule has 0 aliphatic carbocycles. The van der Waals surface area contributed by atoms with Crippen LogP contribution in [0.3, 0.4) is 0 Å². The quantitative estimate of drug-likeness (QED) is 0.794. The summed E-state index contributed by atoms with van der Waals surface area (Å²) in [5, 5.41) is 4.07. The van der Waals surface area contributed by atoms with Gasteiger partial charge in [-0.3, -0.25) is 0 Å². The van der Waals surface area contributed by atoms with Crippen molar-refractivity contribution in [3.8, 4) is 0 Å². The van der Waals surface area contributed by atoms with E-state index in [9.17, 15) is 0 Å². The van der Waals surface area contributed by atoms with Crippen molar-refractivity contribution < 1.29 is 0 Å². The molecule has 1 N–H and O–H groups in total. The molecular weight excluding hydrogens is 290 g/mol. The lowest BCUT2D eigenvalue weighted by atomic mass is 10.4. The fourth-order valence-corrected chi connectivity index (χ4v) is 2.84. The van der Waals surface area contributed by atoms with Crippen molar-refractivity contribution in [2.24, 2.45) is 0 Å². The number of anilines is 1. The van der Waals surface area contributed by atoms with Crippen LogP contribution in [0.4, 0.5) is 5.82 Å². The zero-order chi connectivity index (χ0) is 14.4. The second-order valence-electron chi connectivity index (χ2n) is 4.46. The van der Waals surface area contributed by atoms with E-state index in [1.54, 1.807) is 11.8 Å². The average molecular weight is 308 g/mol. The molecule has 2 aromatic rings. The first-order chi connectivity index (χ1) is 9.69. The highest BCUT2D eigenvalue weighted by Crippen LogP contribution is 2.28. The van der Waals surface area contributed by atoms with E-state index in [0.29, 0.717) is 5.75 Å². The van der Waals surface area contributed by atoms with E-state index < -0.39 is 0 Å². The van der Waals surface area contributed by atoms with Crippen molar-refractivity contribution in [1.82, 2.24) is 9.97 Å². The highest BCUT2D eigenvalue weighted by atomic mass is 35.5. The molecule has 1 heterocycles. The van der Waals surface area contributed by atoms with E-state index in [0.717, 1.165) is 40.2 Å². The predicted octanol–water partition coefficient (Wildman–Crippen LogP) is 4.55. The minimum Gasteiger partial charge on any atom is -0.370 e. The van der Waals surface area contributed by atoms with Crippen LogP contribution in [0.15, 0.2) is 35.2 Å². The van der Waals surface area contributed by atoms with Gasteiger partial charge in [0.25, 0.3) is 0 Å². The maximum Gasteiger partial charge on any atom is 0.141 e. The number of hydrogen-bond acceptors (Lipinski definition) is 4. The number of aryl methyl sites for hydroxylation is 1. The minimum absolute atomic E-state index is 0.715. The van der Waals surface area contributed by atoms with Gasteiger partial charge in [-0.05, 0) is 25.5 Å². The Hall–Kier alpha value is -1.26. The number of nitrogens with zero attached hydrogens (tertiary/aromatic N) is 2. The first-order valence-corrected chi connectivity index (χ1v) is 8.01. The fraction of sp³-hybridized carbons (Fsp3) is 0.333. The normalized spacial score (nSPS) is 10.6.